The summed E-state index contributed by atoms with van der Waals surface area (Å²) in [6.45, 7) is 3.70. The number of rotatable bonds is 20. The minimum atomic E-state index is -1.01. The first kappa shape index (κ1) is 41.1. The Morgan fingerprint density at radius 1 is 0.981 bits per heavy atom. The summed E-state index contributed by atoms with van der Waals surface area (Å²) in [5, 5.41) is 19.5. The van der Waals surface area contributed by atoms with E-state index in [2.05, 4.69) is 20.9 Å². The normalized spacial score (nSPS) is 11.8. The van der Waals surface area contributed by atoms with Crippen molar-refractivity contribution in [2.75, 3.05) is 24.2 Å². The van der Waals surface area contributed by atoms with Gasteiger partial charge in [0.05, 0.1) is 11.0 Å². The van der Waals surface area contributed by atoms with Crippen molar-refractivity contribution < 1.29 is 43.1 Å². The number of nitrogens with one attached hydrogen (secondary N) is 3. The molecule has 0 bridgehead atoms. The fourth-order valence-corrected chi connectivity index (χ4v) is 6.25. The first-order valence-corrected chi connectivity index (χ1v) is 18.4. The number of hydrogen-bond acceptors (Lipinski definition) is 13. The van der Waals surface area contributed by atoms with Crippen molar-refractivity contribution in [2.45, 2.75) is 50.8 Å². The highest BCUT2D eigenvalue weighted by atomic mass is 33.1. The minimum Gasteiger partial charge on any atom is -0.449 e. The summed E-state index contributed by atoms with van der Waals surface area (Å²) < 4.78 is 15.4. The van der Waals surface area contributed by atoms with Crippen LogP contribution in [0.15, 0.2) is 78.0 Å². The molecule has 3 rings (SSSR count). The number of anilines is 1. The van der Waals surface area contributed by atoms with Crippen LogP contribution in [0.1, 0.15) is 38.7 Å². The number of aromatic nitrogens is 1. The van der Waals surface area contributed by atoms with Gasteiger partial charge in [0.1, 0.15) is 24.0 Å². The Bertz CT molecular complexity index is 1650. The first-order valence-electron chi connectivity index (χ1n) is 16.1. The van der Waals surface area contributed by atoms with E-state index in [-0.39, 0.29) is 55.7 Å². The molecule has 0 spiro atoms. The quantitative estimate of drug-likeness (QED) is 0.0265. The number of hydrogen-bond donors (Lipinski definition) is 4. The number of nitro benzene ring substituents is 1. The van der Waals surface area contributed by atoms with Gasteiger partial charge in [-0.3, -0.25) is 19.7 Å². The van der Waals surface area contributed by atoms with E-state index >= 15 is 0 Å². The van der Waals surface area contributed by atoms with E-state index in [4.69, 9.17) is 19.9 Å². The molecule has 0 aliphatic rings. The van der Waals surface area contributed by atoms with Gasteiger partial charge in [-0.2, -0.15) is 0 Å². The second-order valence-corrected chi connectivity index (χ2v) is 13.9. The van der Waals surface area contributed by atoms with Gasteiger partial charge in [0.2, 0.25) is 5.91 Å². The van der Waals surface area contributed by atoms with E-state index in [1.165, 1.54) is 45.9 Å². The summed E-state index contributed by atoms with van der Waals surface area (Å²) in [6.07, 6.45) is 0.338. The fourth-order valence-electron chi connectivity index (χ4n) is 4.54. The number of Topliss-reactive ketones (excluding diaryl/α,β-unsaturated/α-hetero) is 1. The molecule has 16 nitrogen and oxygen atoms in total. The molecule has 52 heavy (non-hydrogen) atoms. The molecule has 0 saturated heterocycles. The van der Waals surface area contributed by atoms with Crippen LogP contribution < -0.4 is 26.4 Å². The van der Waals surface area contributed by atoms with Gasteiger partial charge in [-0.05, 0) is 71.5 Å². The number of nitro groups is 1. The van der Waals surface area contributed by atoms with E-state index in [0.29, 0.717) is 23.4 Å². The lowest BCUT2D eigenvalue weighted by Crippen LogP contribution is -2.46. The Labute approximate surface area is 307 Å². The molecule has 0 aliphatic carbocycles. The summed E-state index contributed by atoms with van der Waals surface area (Å²) in [7, 11) is 2.93. The predicted molar refractivity (Wildman–Crippen MR) is 195 cm³/mol. The van der Waals surface area contributed by atoms with E-state index in [1.807, 2.05) is 18.2 Å². The van der Waals surface area contributed by atoms with Crippen LogP contribution in [-0.4, -0.2) is 64.8 Å². The Balaban J connectivity index is 1.52. The smallest absolute Gasteiger partial charge is 0.449 e. The van der Waals surface area contributed by atoms with Crippen LogP contribution in [0.5, 0.6) is 5.75 Å². The third kappa shape index (κ3) is 15.3. The molecular formula is C34H40N6O10S2. The summed E-state index contributed by atoms with van der Waals surface area (Å²) in [4.78, 5) is 77.0. The molecule has 278 valence electrons. The number of urea groups is 1. The molecular weight excluding hydrogens is 717 g/mol. The highest BCUT2D eigenvalue weighted by molar-refractivity contribution is 8.76. The number of nitrogens with zero attached hydrogens (tertiary/aromatic N) is 2. The zero-order valence-corrected chi connectivity index (χ0v) is 30.1. The molecule has 0 saturated carbocycles. The number of alkyl carbamates (subject to hydrolysis) is 1. The van der Waals surface area contributed by atoms with Crippen molar-refractivity contribution in [2.24, 2.45) is 17.6 Å². The topological polar surface area (TPSA) is 231 Å². The monoisotopic (exact) mass is 756 g/mol. The number of pyridine rings is 1. The lowest BCUT2D eigenvalue weighted by atomic mass is 9.89. The average molecular weight is 757 g/mol. The largest absolute Gasteiger partial charge is 0.514 e. The Hall–Kier alpha value is -5.36. The van der Waals surface area contributed by atoms with Crippen molar-refractivity contribution in [1.29, 1.82) is 0 Å². The zero-order valence-electron chi connectivity index (χ0n) is 28.5. The first-order chi connectivity index (χ1) is 24.9. The van der Waals surface area contributed by atoms with E-state index in [1.54, 1.807) is 44.3 Å². The van der Waals surface area contributed by atoms with Gasteiger partial charge >= 0.3 is 18.3 Å². The molecule has 1 aromatic heterocycles. The molecule has 3 aromatic rings. The van der Waals surface area contributed by atoms with Crippen molar-refractivity contribution >= 4 is 62.9 Å². The third-order valence-electron chi connectivity index (χ3n) is 7.14. The molecule has 0 radical (unpaired) electrons. The van der Waals surface area contributed by atoms with Crippen molar-refractivity contribution in [1.82, 2.24) is 15.6 Å². The van der Waals surface area contributed by atoms with Crippen LogP contribution in [0.3, 0.4) is 0 Å². The molecule has 5 N–H and O–H groups in total. The van der Waals surface area contributed by atoms with Gasteiger partial charge in [0.25, 0.3) is 5.69 Å². The number of carbonyl (C=O) groups excluding carboxylic acids is 5. The summed E-state index contributed by atoms with van der Waals surface area (Å²) in [5.41, 5.74) is 5.99. The Morgan fingerprint density at radius 3 is 2.35 bits per heavy atom. The van der Waals surface area contributed by atoms with E-state index in [9.17, 15) is 34.1 Å². The van der Waals surface area contributed by atoms with Crippen molar-refractivity contribution in [3.05, 3.63) is 88.6 Å². The van der Waals surface area contributed by atoms with Crippen LogP contribution in [0, 0.1) is 22.0 Å². The maximum atomic E-state index is 13.5. The average Bonchev–Trinajstić information content (AvgIpc) is 3.11. The minimum absolute atomic E-state index is 0.0734. The van der Waals surface area contributed by atoms with Gasteiger partial charge in [0.15, 0.2) is 5.78 Å². The Morgan fingerprint density at radius 2 is 1.71 bits per heavy atom. The van der Waals surface area contributed by atoms with Crippen LogP contribution >= 0.6 is 21.6 Å². The third-order valence-corrected chi connectivity index (χ3v) is 9.37. The standard InChI is InChI=1S/C34H40N6O10S2/c1-22(2)30(39-33(44)48-18-19-51-52-29-7-3-4-16-36-29)28(41)20-24(6-5-17-37-32(35)43)31(42)38-25-10-8-23(9-11-25)21-49-34(45)50-27-14-12-26(13-15-27)40(46)47/h3-4,7-16,22,24,30H,5-6,17-21H2,1-2H3,(H,38,42)(H,39,44)(H3,35,37,43)/t24-,30+/m1/s1. The summed E-state index contributed by atoms with van der Waals surface area (Å²) >= 11 is 0. The van der Waals surface area contributed by atoms with Gasteiger partial charge in [0, 0.05) is 48.7 Å². The number of ether oxygens (including phenoxy) is 3. The molecule has 2 atom stereocenters. The second kappa shape index (κ2) is 21.8. The second-order valence-electron chi connectivity index (χ2n) is 11.5. The number of nitrogens with two attached hydrogens (primary N) is 1. The molecule has 0 unspecified atom stereocenters. The molecule has 2 aromatic carbocycles. The van der Waals surface area contributed by atoms with Crippen LogP contribution in [-0.2, 0) is 25.7 Å². The number of benzene rings is 2. The molecule has 4 amide bonds. The van der Waals surface area contributed by atoms with Crippen LogP contribution in [0.2, 0.25) is 0 Å². The van der Waals surface area contributed by atoms with Gasteiger partial charge in [-0.1, -0.05) is 42.8 Å². The van der Waals surface area contributed by atoms with Crippen molar-refractivity contribution in [3.63, 3.8) is 0 Å². The van der Waals surface area contributed by atoms with Gasteiger partial charge in [-0.25, -0.2) is 19.4 Å². The van der Waals surface area contributed by atoms with Crippen LogP contribution in [0.4, 0.5) is 25.8 Å². The lowest BCUT2D eigenvalue weighted by Gasteiger charge is -2.23. The van der Waals surface area contributed by atoms with E-state index < -0.39 is 41.1 Å². The lowest BCUT2D eigenvalue weighted by molar-refractivity contribution is -0.384. The van der Waals surface area contributed by atoms with Gasteiger partial charge in [-0.15, -0.1) is 0 Å². The predicted octanol–water partition coefficient (Wildman–Crippen LogP) is 5.86. The number of ketones is 1. The SMILES string of the molecule is CC(C)[C@H](NC(=O)OCCSSc1ccccn1)C(=O)C[C@@H](CCCNC(N)=O)C(=O)Nc1ccc(COC(=O)Oc2ccc([N+](=O)[O-])cc2)cc1. The molecule has 1 heterocycles. The number of amides is 4. The van der Waals surface area contributed by atoms with E-state index in [0.717, 1.165) is 5.03 Å². The molecule has 0 fully saturated rings. The highest BCUT2D eigenvalue weighted by Crippen LogP contribution is 2.28. The molecule has 0 aliphatic heterocycles. The summed E-state index contributed by atoms with van der Waals surface area (Å²) in [6, 6.07) is 15.3. The highest BCUT2D eigenvalue weighted by Gasteiger charge is 2.30. The maximum absolute atomic E-state index is 13.5. The number of primary amides is 1. The van der Waals surface area contributed by atoms with Crippen LogP contribution in [0.25, 0.3) is 0 Å². The Kier molecular flexibility index (Phi) is 17.2. The number of carbonyl (C=O) groups is 5. The number of non-ortho nitro benzene ring substituents is 1. The van der Waals surface area contributed by atoms with Crippen molar-refractivity contribution in [3.8, 4) is 5.75 Å². The molecule has 18 heteroatoms. The maximum Gasteiger partial charge on any atom is 0.514 e. The van der Waals surface area contributed by atoms with Gasteiger partial charge < -0.3 is 35.9 Å². The summed E-state index contributed by atoms with van der Waals surface area (Å²) in [5.74, 6) is -1.33. The zero-order chi connectivity index (χ0) is 37.9. The fraction of sp³-hybridized carbons (Fsp3) is 0.353.